The fourth-order valence-electron chi connectivity index (χ4n) is 3.60. The normalized spacial score (nSPS) is 10.9. The first-order chi connectivity index (χ1) is 16.6. The fourth-order valence-corrected chi connectivity index (χ4v) is 3.60. The molecule has 170 valence electrons. The van der Waals surface area contributed by atoms with Crippen molar-refractivity contribution in [3.05, 3.63) is 131 Å². The average Bonchev–Trinajstić information content (AvgIpc) is 2.86. The molecule has 4 nitrogen and oxygen atoms in total. The molecule has 1 N–H and O–H groups in total. The zero-order valence-corrected chi connectivity index (χ0v) is 19.0. The van der Waals surface area contributed by atoms with Gasteiger partial charge in [0, 0.05) is 19.2 Å². The second-order valence-electron chi connectivity index (χ2n) is 8.00. The standard InChI is InChI=1S/C29H26FN3O/c1-22-27(32-29(34)19-14-23-12-15-26(30)16-13-23)17-18-28(31-22)33(20-24-8-4-2-5-9-24)21-25-10-6-3-7-11-25/h2-19H,20-21H2,1H3,(H,32,34)/b19-14+. The van der Waals surface area contributed by atoms with Gasteiger partial charge < -0.3 is 10.2 Å². The molecule has 0 saturated heterocycles. The first kappa shape index (κ1) is 22.9. The van der Waals surface area contributed by atoms with Crippen LogP contribution in [0.1, 0.15) is 22.4 Å². The number of nitrogens with one attached hydrogen (secondary N) is 1. The maximum atomic E-state index is 13.0. The van der Waals surface area contributed by atoms with E-state index in [-0.39, 0.29) is 11.7 Å². The van der Waals surface area contributed by atoms with E-state index in [1.807, 2.05) is 55.5 Å². The number of hydrogen-bond acceptors (Lipinski definition) is 3. The minimum absolute atomic E-state index is 0.271. The highest BCUT2D eigenvalue weighted by Gasteiger charge is 2.12. The molecule has 0 bridgehead atoms. The Kier molecular flexibility index (Phi) is 7.45. The Morgan fingerprint density at radius 1 is 0.853 bits per heavy atom. The largest absolute Gasteiger partial charge is 0.348 e. The molecule has 0 radical (unpaired) electrons. The Labute approximate surface area is 199 Å². The molecule has 1 aromatic heterocycles. The van der Waals surface area contributed by atoms with Crippen LogP contribution in [0.25, 0.3) is 6.08 Å². The van der Waals surface area contributed by atoms with Crippen LogP contribution in [-0.2, 0) is 17.9 Å². The van der Waals surface area contributed by atoms with E-state index >= 15 is 0 Å². The lowest BCUT2D eigenvalue weighted by atomic mass is 10.1. The molecule has 0 aliphatic carbocycles. The SMILES string of the molecule is Cc1nc(N(Cc2ccccc2)Cc2ccccc2)ccc1NC(=O)/C=C/c1ccc(F)cc1. The summed E-state index contributed by atoms with van der Waals surface area (Å²) in [5.74, 6) is 0.259. The van der Waals surface area contributed by atoms with Crippen molar-refractivity contribution in [3.8, 4) is 0 Å². The summed E-state index contributed by atoms with van der Waals surface area (Å²) in [7, 11) is 0. The Morgan fingerprint density at radius 3 is 2.00 bits per heavy atom. The van der Waals surface area contributed by atoms with E-state index in [9.17, 15) is 9.18 Å². The summed E-state index contributed by atoms with van der Waals surface area (Å²) in [6, 6.07) is 30.3. The Hall–Kier alpha value is -4.25. The van der Waals surface area contributed by atoms with Crippen molar-refractivity contribution in [2.45, 2.75) is 20.0 Å². The number of nitrogens with zero attached hydrogens (tertiary/aromatic N) is 2. The zero-order chi connectivity index (χ0) is 23.8. The average molecular weight is 452 g/mol. The topological polar surface area (TPSA) is 45.2 Å². The van der Waals surface area contributed by atoms with Crippen molar-refractivity contribution < 1.29 is 9.18 Å². The van der Waals surface area contributed by atoms with Crippen LogP contribution in [0.3, 0.4) is 0 Å². The maximum absolute atomic E-state index is 13.0. The molecule has 4 rings (SSSR count). The van der Waals surface area contributed by atoms with Gasteiger partial charge in [-0.05, 0) is 54.0 Å². The van der Waals surface area contributed by atoms with Gasteiger partial charge in [-0.15, -0.1) is 0 Å². The Morgan fingerprint density at radius 2 is 1.44 bits per heavy atom. The van der Waals surface area contributed by atoms with Crippen LogP contribution in [0.2, 0.25) is 0 Å². The number of carbonyl (C=O) groups excluding carboxylic acids is 1. The second kappa shape index (κ2) is 11.1. The van der Waals surface area contributed by atoms with Crippen LogP contribution in [0.4, 0.5) is 15.9 Å². The molecular weight excluding hydrogens is 425 g/mol. The van der Waals surface area contributed by atoms with E-state index in [0.717, 1.165) is 17.1 Å². The van der Waals surface area contributed by atoms with Gasteiger partial charge in [0.25, 0.3) is 0 Å². The number of rotatable bonds is 8. The zero-order valence-electron chi connectivity index (χ0n) is 19.0. The summed E-state index contributed by atoms with van der Waals surface area (Å²) < 4.78 is 13.0. The number of anilines is 2. The molecule has 0 aliphatic heterocycles. The first-order valence-corrected chi connectivity index (χ1v) is 11.1. The second-order valence-corrected chi connectivity index (χ2v) is 8.00. The van der Waals surface area contributed by atoms with E-state index in [4.69, 9.17) is 4.98 Å². The summed E-state index contributed by atoms with van der Waals surface area (Å²) in [4.78, 5) is 19.4. The number of halogens is 1. The molecule has 0 atom stereocenters. The highest BCUT2D eigenvalue weighted by molar-refractivity contribution is 6.02. The smallest absolute Gasteiger partial charge is 0.248 e. The molecule has 0 spiro atoms. The van der Waals surface area contributed by atoms with Crippen LogP contribution in [0, 0.1) is 12.7 Å². The van der Waals surface area contributed by atoms with Gasteiger partial charge in [0.2, 0.25) is 5.91 Å². The predicted octanol–water partition coefficient (Wildman–Crippen LogP) is 6.39. The van der Waals surface area contributed by atoms with Crippen molar-refractivity contribution in [2.24, 2.45) is 0 Å². The van der Waals surface area contributed by atoms with Crippen molar-refractivity contribution in [1.82, 2.24) is 4.98 Å². The van der Waals surface area contributed by atoms with Gasteiger partial charge in [-0.25, -0.2) is 9.37 Å². The third-order valence-corrected chi connectivity index (χ3v) is 5.38. The minimum Gasteiger partial charge on any atom is -0.348 e. The summed E-state index contributed by atoms with van der Waals surface area (Å²) in [6.45, 7) is 3.31. The number of aryl methyl sites for hydroxylation is 1. The number of hydrogen-bond donors (Lipinski definition) is 1. The third kappa shape index (κ3) is 6.39. The van der Waals surface area contributed by atoms with Gasteiger partial charge in [-0.1, -0.05) is 72.8 Å². The number of benzene rings is 3. The van der Waals surface area contributed by atoms with Crippen LogP contribution >= 0.6 is 0 Å². The molecule has 3 aromatic carbocycles. The molecular formula is C29H26FN3O. The van der Waals surface area contributed by atoms with Crippen LogP contribution in [0.5, 0.6) is 0 Å². The highest BCUT2D eigenvalue weighted by atomic mass is 19.1. The molecule has 0 unspecified atom stereocenters. The van der Waals surface area contributed by atoms with E-state index in [1.165, 1.54) is 29.3 Å². The summed E-state index contributed by atoms with van der Waals surface area (Å²) in [5, 5.41) is 2.88. The van der Waals surface area contributed by atoms with E-state index in [1.54, 1.807) is 18.2 Å². The first-order valence-electron chi connectivity index (χ1n) is 11.1. The summed E-state index contributed by atoms with van der Waals surface area (Å²) in [5.41, 5.74) is 4.52. The molecule has 4 aromatic rings. The Bertz CT molecular complexity index is 1210. The van der Waals surface area contributed by atoms with Gasteiger partial charge in [-0.2, -0.15) is 0 Å². The predicted molar refractivity (Wildman–Crippen MR) is 136 cm³/mol. The Balaban J connectivity index is 1.50. The van der Waals surface area contributed by atoms with Gasteiger partial charge in [-0.3, -0.25) is 4.79 Å². The number of aromatic nitrogens is 1. The van der Waals surface area contributed by atoms with Crippen LogP contribution in [-0.4, -0.2) is 10.9 Å². The van der Waals surface area contributed by atoms with Crippen molar-refractivity contribution in [1.29, 1.82) is 0 Å². The molecule has 0 aliphatic rings. The number of pyridine rings is 1. The highest BCUT2D eigenvalue weighted by Crippen LogP contribution is 2.22. The summed E-state index contributed by atoms with van der Waals surface area (Å²) >= 11 is 0. The van der Waals surface area contributed by atoms with Gasteiger partial charge in [0.15, 0.2) is 0 Å². The molecule has 0 fully saturated rings. The van der Waals surface area contributed by atoms with Crippen molar-refractivity contribution >= 4 is 23.5 Å². The van der Waals surface area contributed by atoms with Gasteiger partial charge in [0.1, 0.15) is 11.6 Å². The van der Waals surface area contributed by atoms with E-state index < -0.39 is 0 Å². The quantitative estimate of drug-likeness (QED) is 0.316. The van der Waals surface area contributed by atoms with Crippen molar-refractivity contribution in [2.75, 3.05) is 10.2 Å². The monoisotopic (exact) mass is 451 g/mol. The lowest BCUT2D eigenvalue weighted by Crippen LogP contribution is -2.23. The van der Waals surface area contributed by atoms with Gasteiger partial charge in [0.05, 0.1) is 11.4 Å². The fraction of sp³-hybridized carbons (Fsp3) is 0.103. The third-order valence-electron chi connectivity index (χ3n) is 5.38. The molecule has 1 amide bonds. The van der Waals surface area contributed by atoms with E-state index in [2.05, 4.69) is 34.5 Å². The number of amides is 1. The van der Waals surface area contributed by atoms with Gasteiger partial charge >= 0.3 is 0 Å². The van der Waals surface area contributed by atoms with Crippen LogP contribution < -0.4 is 10.2 Å². The summed E-state index contributed by atoms with van der Waals surface area (Å²) in [6.07, 6.45) is 3.07. The molecule has 0 saturated carbocycles. The number of carbonyl (C=O) groups is 1. The maximum Gasteiger partial charge on any atom is 0.248 e. The van der Waals surface area contributed by atoms with Crippen LogP contribution in [0.15, 0.2) is 103 Å². The lowest BCUT2D eigenvalue weighted by molar-refractivity contribution is -0.111. The minimum atomic E-state index is -0.308. The molecule has 34 heavy (non-hydrogen) atoms. The van der Waals surface area contributed by atoms with Crippen molar-refractivity contribution in [3.63, 3.8) is 0 Å². The molecule has 5 heteroatoms. The van der Waals surface area contributed by atoms with E-state index in [0.29, 0.717) is 18.8 Å². The lowest BCUT2D eigenvalue weighted by Gasteiger charge is -2.25. The molecule has 1 heterocycles.